The zero-order chi connectivity index (χ0) is 20.8. The molecule has 0 aromatic heterocycles. The summed E-state index contributed by atoms with van der Waals surface area (Å²) in [7, 11) is 2.95. The summed E-state index contributed by atoms with van der Waals surface area (Å²) in [6, 6.07) is 7.74. The van der Waals surface area contributed by atoms with Crippen LogP contribution in [0.15, 0.2) is 36.4 Å². The second kappa shape index (κ2) is 9.41. The van der Waals surface area contributed by atoms with Crippen LogP contribution in [0, 0.1) is 11.7 Å². The molecule has 0 aliphatic carbocycles. The lowest BCUT2D eigenvalue weighted by Gasteiger charge is -2.22. The molecule has 150 valence electrons. The number of methoxy groups -OCH3 is 2. The molecular formula is C20H22ClFN2O4. The average molecular weight is 409 g/mol. The molecule has 0 saturated carbocycles. The number of carbonyl (C=O) groups is 2. The molecular weight excluding hydrogens is 387 g/mol. The molecule has 0 bridgehead atoms. The second-order valence-electron chi connectivity index (χ2n) is 6.41. The molecule has 8 heteroatoms. The van der Waals surface area contributed by atoms with E-state index in [4.69, 9.17) is 21.1 Å². The Labute approximate surface area is 168 Å². The molecule has 0 saturated heterocycles. The van der Waals surface area contributed by atoms with E-state index < -0.39 is 23.7 Å². The molecule has 0 aliphatic heterocycles. The van der Waals surface area contributed by atoms with E-state index in [9.17, 15) is 14.0 Å². The Morgan fingerprint density at radius 3 is 2.14 bits per heavy atom. The number of rotatable bonds is 7. The first kappa shape index (κ1) is 21.5. The van der Waals surface area contributed by atoms with Crippen LogP contribution in [0.5, 0.6) is 11.5 Å². The molecule has 1 atom stereocenters. The highest BCUT2D eigenvalue weighted by atomic mass is 35.5. The van der Waals surface area contributed by atoms with Crippen LogP contribution in [-0.4, -0.2) is 32.1 Å². The number of hydrogen-bond acceptors (Lipinski definition) is 4. The summed E-state index contributed by atoms with van der Waals surface area (Å²) in [6.07, 6.45) is 0. The first-order chi connectivity index (χ1) is 13.2. The Hall–Kier alpha value is -2.80. The van der Waals surface area contributed by atoms with Crippen LogP contribution in [0.4, 0.5) is 10.1 Å². The van der Waals surface area contributed by atoms with Gasteiger partial charge in [0, 0.05) is 16.7 Å². The summed E-state index contributed by atoms with van der Waals surface area (Å²) < 4.78 is 24.3. The van der Waals surface area contributed by atoms with Gasteiger partial charge in [-0.1, -0.05) is 25.4 Å². The molecule has 0 radical (unpaired) electrons. The van der Waals surface area contributed by atoms with Gasteiger partial charge in [-0.25, -0.2) is 4.39 Å². The van der Waals surface area contributed by atoms with Crippen molar-refractivity contribution in [2.24, 2.45) is 5.92 Å². The number of halogens is 2. The van der Waals surface area contributed by atoms with E-state index in [1.807, 2.05) is 0 Å². The molecule has 6 nitrogen and oxygen atoms in total. The summed E-state index contributed by atoms with van der Waals surface area (Å²) in [5.41, 5.74) is 0.254. The summed E-state index contributed by atoms with van der Waals surface area (Å²) in [5, 5.41) is 5.38. The fraction of sp³-hybridized carbons (Fsp3) is 0.300. The number of ether oxygens (including phenoxy) is 2. The van der Waals surface area contributed by atoms with Crippen LogP contribution >= 0.6 is 11.6 Å². The lowest BCUT2D eigenvalue weighted by molar-refractivity contribution is -0.118. The maximum absolute atomic E-state index is 14.0. The highest BCUT2D eigenvalue weighted by Crippen LogP contribution is 2.23. The van der Waals surface area contributed by atoms with Crippen LogP contribution < -0.4 is 20.1 Å². The number of amides is 2. The SMILES string of the molecule is COc1cc(OC)cc(C(=O)NC(C(=O)Nc2ccc(Cl)cc2F)C(C)C)c1. The molecule has 0 fully saturated rings. The first-order valence-electron chi connectivity index (χ1n) is 8.55. The molecule has 1 unspecified atom stereocenters. The maximum atomic E-state index is 14.0. The van der Waals surface area contributed by atoms with Crippen molar-refractivity contribution in [2.75, 3.05) is 19.5 Å². The molecule has 0 aliphatic rings. The quantitative estimate of drug-likeness (QED) is 0.728. The van der Waals surface area contributed by atoms with Gasteiger partial charge in [-0.2, -0.15) is 0 Å². The predicted octanol–water partition coefficient (Wildman–Crippen LogP) is 3.89. The van der Waals surface area contributed by atoms with Gasteiger partial charge in [0.25, 0.3) is 5.91 Å². The van der Waals surface area contributed by atoms with Crippen LogP contribution in [0.1, 0.15) is 24.2 Å². The lowest BCUT2D eigenvalue weighted by Crippen LogP contribution is -2.47. The third-order valence-electron chi connectivity index (χ3n) is 4.04. The summed E-state index contributed by atoms with van der Waals surface area (Å²) in [4.78, 5) is 25.3. The number of nitrogens with one attached hydrogen (secondary N) is 2. The van der Waals surface area contributed by atoms with Crippen LogP contribution in [-0.2, 0) is 4.79 Å². The minimum absolute atomic E-state index is 0.0163. The van der Waals surface area contributed by atoms with Crippen molar-refractivity contribution in [1.29, 1.82) is 0 Å². The van der Waals surface area contributed by atoms with E-state index in [-0.39, 0.29) is 22.2 Å². The first-order valence-corrected chi connectivity index (χ1v) is 8.92. The number of anilines is 1. The van der Waals surface area contributed by atoms with Crippen LogP contribution in [0.2, 0.25) is 5.02 Å². The number of benzene rings is 2. The molecule has 2 aromatic carbocycles. The van der Waals surface area contributed by atoms with Crippen molar-refractivity contribution in [3.63, 3.8) is 0 Å². The van der Waals surface area contributed by atoms with E-state index in [2.05, 4.69) is 10.6 Å². The van der Waals surface area contributed by atoms with Gasteiger partial charge in [-0.3, -0.25) is 9.59 Å². The molecule has 28 heavy (non-hydrogen) atoms. The predicted molar refractivity (Wildman–Crippen MR) is 106 cm³/mol. The highest BCUT2D eigenvalue weighted by molar-refractivity contribution is 6.30. The van der Waals surface area contributed by atoms with Gasteiger partial charge < -0.3 is 20.1 Å². The number of hydrogen-bond donors (Lipinski definition) is 2. The van der Waals surface area contributed by atoms with E-state index in [0.717, 1.165) is 6.07 Å². The van der Waals surface area contributed by atoms with E-state index in [0.29, 0.717) is 11.5 Å². The Bertz CT molecular complexity index is 851. The molecule has 0 heterocycles. The topological polar surface area (TPSA) is 76.7 Å². The van der Waals surface area contributed by atoms with Crippen LogP contribution in [0.3, 0.4) is 0 Å². The van der Waals surface area contributed by atoms with Crippen molar-refractivity contribution in [3.05, 3.63) is 52.8 Å². The van der Waals surface area contributed by atoms with Gasteiger partial charge in [-0.05, 0) is 36.2 Å². The summed E-state index contributed by atoms with van der Waals surface area (Å²) in [6.45, 7) is 3.55. The average Bonchev–Trinajstić information content (AvgIpc) is 2.67. The van der Waals surface area contributed by atoms with Crippen molar-refractivity contribution in [2.45, 2.75) is 19.9 Å². The van der Waals surface area contributed by atoms with Crippen molar-refractivity contribution in [3.8, 4) is 11.5 Å². The van der Waals surface area contributed by atoms with Gasteiger partial charge >= 0.3 is 0 Å². The van der Waals surface area contributed by atoms with Gasteiger partial charge in [0.05, 0.1) is 19.9 Å². The zero-order valence-electron chi connectivity index (χ0n) is 16.0. The van der Waals surface area contributed by atoms with E-state index >= 15 is 0 Å². The monoisotopic (exact) mass is 408 g/mol. The minimum Gasteiger partial charge on any atom is -0.497 e. The fourth-order valence-electron chi connectivity index (χ4n) is 2.50. The van der Waals surface area contributed by atoms with Crippen molar-refractivity contribution >= 4 is 29.1 Å². The summed E-state index contributed by atoms with van der Waals surface area (Å²) in [5.74, 6) is -1.04. The summed E-state index contributed by atoms with van der Waals surface area (Å²) >= 11 is 5.72. The molecule has 2 amide bonds. The molecule has 2 aromatic rings. The third kappa shape index (κ3) is 5.36. The molecule has 2 rings (SSSR count). The van der Waals surface area contributed by atoms with Gasteiger partial charge in [0.2, 0.25) is 5.91 Å². The second-order valence-corrected chi connectivity index (χ2v) is 6.85. The Kier molecular flexibility index (Phi) is 7.23. The smallest absolute Gasteiger partial charge is 0.252 e. The standard InChI is InChI=1S/C20H22ClFN2O4/c1-11(2)18(20(26)23-17-6-5-13(21)9-16(17)22)24-19(25)12-7-14(27-3)10-15(8-12)28-4/h5-11,18H,1-4H3,(H,23,26)(H,24,25). The zero-order valence-corrected chi connectivity index (χ0v) is 16.8. The van der Waals surface area contributed by atoms with E-state index in [1.165, 1.54) is 38.5 Å². The van der Waals surface area contributed by atoms with Gasteiger partial charge in [-0.15, -0.1) is 0 Å². The Morgan fingerprint density at radius 2 is 1.64 bits per heavy atom. The van der Waals surface area contributed by atoms with E-state index in [1.54, 1.807) is 19.9 Å². The fourth-order valence-corrected chi connectivity index (χ4v) is 2.66. The Morgan fingerprint density at radius 1 is 1.04 bits per heavy atom. The van der Waals surface area contributed by atoms with Gasteiger partial charge in [0.1, 0.15) is 23.4 Å². The Balaban J connectivity index is 2.20. The lowest BCUT2D eigenvalue weighted by atomic mass is 10.0. The molecule has 0 spiro atoms. The maximum Gasteiger partial charge on any atom is 0.252 e. The van der Waals surface area contributed by atoms with Gasteiger partial charge in [0.15, 0.2) is 0 Å². The molecule has 2 N–H and O–H groups in total. The largest absolute Gasteiger partial charge is 0.497 e. The minimum atomic E-state index is -0.889. The van der Waals surface area contributed by atoms with Crippen LogP contribution in [0.25, 0.3) is 0 Å². The van der Waals surface area contributed by atoms with Crippen molar-refractivity contribution in [1.82, 2.24) is 5.32 Å². The third-order valence-corrected chi connectivity index (χ3v) is 4.27. The highest BCUT2D eigenvalue weighted by Gasteiger charge is 2.26. The normalized spacial score (nSPS) is 11.7. The van der Waals surface area contributed by atoms with Crippen molar-refractivity contribution < 1.29 is 23.5 Å². The number of carbonyl (C=O) groups excluding carboxylic acids is 2.